The molecule has 6 heteroatoms. The molecule has 2 fully saturated rings. The summed E-state index contributed by atoms with van der Waals surface area (Å²) < 4.78 is 1.88. The minimum atomic E-state index is -0.658. The first-order valence-electron chi connectivity index (χ1n) is 7.13. The highest BCUT2D eigenvalue weighted by molar-refractivity contribution is 5.99. The molecule has 1 saturated heterocycles. The molecule has 0 aromatic carbocycles. The molecule has 1 aliphatic carbocycles. The van der Waals surface area contributed by atoms with Crippen LogP contribution in [0, 0.1) is 0 Å². The van der Waals surface area contributed by atoms with E-state index in [2.05, 4.69) is 10.3 Å². The Kier molecular flexibility index (Phi) is 3.03. The van der Waals surface area contributed by atoms with Crippen LogP contribution in [0.2, 0.25) is 0 Å². The molecule has 6 nitrogen and oxygen atoms in total. The number of amides is 2. The van der Waals surface area contributed by atoms with Crippen LogP contribution in [0.4, 0.5) is 0 Å². The van der Waals surface area contributed by atoms with Gasteiger partial charge in [-0.25, -0.2) is 4.98 Å². The zero-order chi connectivity index (χ0) is 14.3. The Labute approximate surface area is 118 Å². The standard InChI is InChI=1S/C14H20N4O2/c1-10-12(19)16-14(5-3-4-6-14)13(20)18(10)9-11-15-7-8-17(11)2/h7-8,10H,3-6,9H2,1-2H3,(H,16,19). The van der Waals surface area contributed by atoms with Crippen LogP contribution in [0.1, 0.15) is 38.4 Å². The van der Waals surface area contributed by atoms with Crippen LogP contribution < -0.4 is 5.32 Å². The summed E-state index contributed by atoms with van der Waals surface area (Å²) in [6, 6.07) is -0.439. The van der Waals surface area contributed by atoms with E-state index in [-0.39, 0.29) is 11.8 Å². The van der Waals surface area contributed by atoms with E-state index in [1.165, 1.54) is 0 Å². The van der Waals surface area contributed by atoms with Crippen molar-refractivity contribution in [3.63, 3.8) is 0 Å². The number of hydrogen-bond acceptors (Lipinski definition) is 3. The fourth-order valence-corrected chi connectivity index (χ4v) is 3.21. The van der Waals surface area contributed by atoms with E-state index in [0.29, 0.717) is 6.54 Å². The van der Waals surface area contributed by atoms with Crippen LogP contribution in [0.5, 0.6) is 0 Å². The predicted octanol–water partition coefficient (Wildman–Crippen LogP) is 0.580. The van der Waals surface area contributed by atoms with Crippen LogP contribution in [0.25, 0.3) is 0 Å². The lowest BCUT2D eigenvalue weighted by molar-refractivity contribution is -0.155. The van der Waals surface area contributed by atoms with Crippen molar-refractivity contribution in [3.8, 4) is 0 Å². The van der Waals surface area contributed by atoms with Gasteiger partial charge in [-0.1, -0.05) is 12.8 Å². The highest BCUT2D eigenvalue weighted by Gasteiger charge is 2.50. The third-order valence-electron chi connectivity index (χ3n) is 4.57. The van der Waals surface area contributed by atoms with Gasteiger partial charge in [0.25, 0.3) is 0 Å². The lowest BCUT2D eigenvalue weighted by atomic mass is 9.91. The average molecular weight is 276 g/mol. The summed E-state index contributed by atoms with van der Waals surface area (Å²) in [5.74, 6) is 0.791. The van der Waals surface area contributed by atoms with Crippen molar-refractivity contribution in [1.82, 2.24) is 19.8 Å². The van der Waals surface area contributed by atoms with Crippen LogP contribution in [-0.2, 0) is 23.2 Å². The van der Waals surface area contributed by atoms with Crippen molar-refractivity contribution in [2.75, 3.05) is 0 Å². The molecule has 1 aromatic rings. The quantitative estimate of drug-likeness (QED) is 0.859. The maximum atomic E-state index is 12.8. The molecule has 20 heavy (non-hydrogen) atoms. The van der Waals surface area contributed by atoms with Crippen molar-refractivity contribution in [2.24, 2.45) is 7.05 Å². The number of aryl methyl sites for hydroxylation is 1. The van der Waals surface area contributed by atoms with Crippen molar-refractivity contribution >= 4 is 11.8 Å². The van der Waals surface area contributed by atoms with Crippen LogP contribution >= 0.6 is 0 Å². The SMILES string of the molecule is CC1C(=O)NC2(CCCC2)C(=O)N1Cc1nccn1C. The Hall–Kier alpha value is -1.85. The van der Waals surface area contributed by atoms with Crippen molar-refractivity contribution in [3.05, 3.63) is 18.2 Å². The Morgan fingerprint density at radius 1 is 1.40 bits per heavy atom. The number of hydrogen-bond donors (Lipinski definition) is 1. The topological polar surface area (TPSA) is 67.2 Å². The van der Waals surface area contributed by atoms with E-state index < -0.39 is 11.6 Å². The second kappa shape index (κ2) is 4.61. The zero-order valence-corrected chi connectivity index (χ0v) is 11.9. The number of nitrogens with zero attached hydrogens (tertiary/aromatic N) is 3. The number of carbonyl (C=O) groups excluding carboxylic acids is 2. The summed E-state index contributed by atoms with van der Waals surface area (Å²) in [6.45, 7) is 2.16. The second-order valence-corrected chi connectivity index (χ2v) is 5.84. The van der Waals surface area contributed by atoms with Crippen molar-refractivity contribution in [1.29, 1.82) is 0 Å². The van der Waals surface area contributed by atoms with Crippen LogP contribution in [0.3, 0.4) is 0 Å². The van der Waals surface area contributed by atoms with Crippen LogP contribution in [0.15, 0.2) is 12.4 Å². The van der Waals surface area contributed by atoms with E-state index in [1.807, 2.05) is 17.8 Å². The molecule has 2 amide bonds. The smallest absolute Gasteiger partial charge is 0.249 e. The van der Waals surface area contributed by atoms with E-state index >= 15 is 0 Å². The highest BCUT2D eigenvalue weighted by Crippen LogP contribution is 2.35. The molecule has 1 saturated carbocycles. The number of piperazine rings is 1. The first kappa shape index (κ1) is 13.1. The van der Waals surface area contributed by atoms with Crippen LogP contribution in [-0.4, -0.2) is 37.8 Å². The summed E-state index contributed by atoms with van der Waals surface area (Å²) in [5.41, 5.74) is -0.658. The lowest BCUT2D eigenvalue weighted by Crippen LogP contribution is -2.68. The third kappa shape index (κ3) is 1.90. The maximum absolute atomic E-state index is 12.8. The molecule has 2 heterocycles. The third-order valence-corrected chi connectivity index (χ3v) is 4.57. The molecular weight excluding hydrogens is 256 g/mol. The number of imidazole rings is 1. The van der Waals surface area contributed by atoms with E-state index in [9.17, 15) is 9.59 Å². The molecule has 1 spiro atoms. The van der Waals surface area contributed by atoms with Gasteiger partial charge in [-0.3, -0.25) is 9.59 Å². The zero-order valence-electron chi connectivity index (χ0n) is 11.9. The molecule has 1 aliphatic heterocycles. The summed E-state index contributed by atoms with van der Waals surface area (Å²) in [4.78, 5) is 30.9. The van der Waals surface area contributed by atoms with Gasteiger partial charge in [0.1, 0.15) is 17.4 Å². The number of aromatic nitrogens is 2. The van der Waals surface area contributed by atoms with Crippen molar-refractivity contribution < 1.29 is 9.59 Å². The van der Waals surface area contributed by atoms with E-state index in [4.69, 9.17) is 0 Å². The van der Waals surface area contributed by atoms with Gasteiger partial charge in [0, 0.05) is 19.4 Å². The van der Waals surface area contributed by atoms with Gasteiger partial charge in [-0.15, -0.1) is 0 Å². The minimum Gasteiger partial charge on any atom is -0.340 e. The molecule has 108 valence electrons. The lowest BCUT2D eigenvalue weighted by Gasteiger charge is -2.43. The fourth-order valence-electron chi connectivity index (χ4n) is 3.21. The van der Waals surface area contributed by atoms with Gasteiger partial charge in [0.15, 0.2) is 0 Å². The van der Waals surface area contributed by atoms with Crippen molar-refractivity contribution in [2.45, 2.75) is 50.7 Å². The highest BCUT2D eigenvalue weighted by atomic mass is 16.2. The predicted molar refractivity (Wildman–Crippen MR) is 72.6 cm³/mol. The number of rotatable bonds is 2. The summed E-state index contributed by atoms with van der Waals surface area (Å²) in [7, 11) is 1.90. The molecule has 3 rings (SSSR count). The van der Waals surface area contributed by atoms with Gasteiger partial charge < -0.3 is 14.8 Å². The maximum Gasteiger partial charge on any atom is 0.249 e. The molecule has 0 bridgehead atoms. The fraction of sp³-hybridized carbons (Fsp3) is 0.643. The minimum absolute atomic E-state index is 0.0464. The van der Waals surface area contributed by atoms with E-state index in [1.54, 1.807) is 18.0 Å². The van der Waals surface area contributed by atoms with E-state index in [0.717, 1.165) is 31.5 Å². The normalized spacial score (nSPS) is 25.3. The first-order valence-corrected chi connectivity index (χ1v) is 7.13. The van der Waals surface area contributed by atoms with Gasteiger partial charge in [-0.05, 0) is 19.8 Å². The largest absolute Gasteiger partial charge is 0.340 e. The number of nitrogens with one attached hydrogen (secondary N) is 1. The molecular formula is C14H20N4O2. The summed E-state index contributed by atoms with van der Waals surface area (Å²) in [5, 5.41) is 2.96. The Balaban J connectivity index is 1.89. The Morgan fingerprint density at radius 2 is 2.10 bits per heavy atom. The first-order chi connectivity index (χ1) is 9.53. The Morgan fingerprint density at radius 3 is 2.70 bits per heavy atom. The molecule has 0 radical (unpaired) electrons. The molecule has 1 atom stereocenters. The van der Waals surface area contributed by atoms with Gasteiger partial charge in [-0.2, -0.15) is 0 Å². The summed E-state index contributed by atoms with van der Waals surface area (Å²) >= 11 is 0. The molecule has 1 aromatic heterocycles. The Bertz CT molecular complexity index is 545. The molecule has 2 aliphatic rings. The van der Waals surface area contributed by atoms with Gasteiger partial charge >= 0.3 is 0 Å². The number of carbonyl (C=O) groups is 2. The molecule has 1 unspecified atom stereocenters. The van der Waals surface area contributed by atoms with Gasteiger partial charge in [0.05, 0.1) is 6.54 Å². The molecule has 1 N–H and O–H groups in total. The second-order valence-electron chi connectivity index (χ2n) is 5.84. The monoisotopic (exact) mass is 276 g/mol. The van der Waals surface area contributed by atoms with Gasteiger partial charge in [0.2, 0.25) is 11.8 Å². The average Bonchev–Trinajstić information content (AvgIpc) is 3.03. The summed E-state index contributed by atoms with van der Waals surface area (Å²) in [6.07, 6.45) is 7.05.